The van der Waals surface area contributed by atoms with E-state index in [9.17, 15) is 4.79 Å². The summed E-state index contributed by atoms with van der Waals surface area (Å²) in [5.74, 6) is 0.732. The maximum absolute atomic E-state index is 11.8. The molecule has 2 unspecified atom stereocenters. The number of amides is 1. The highest BCUT2D eigenvalue weighted by atomic mass is 16.2. The SMILES string of the molecule is NC1CC1CN1C(=O)Cc2ccccc21. The molecule has 1 aromatic carbocycles. The van der Waals surface area contributed by atoms with Gasteiger partial charge in [-0.25, -0.2) is 0 Å². The fourth-order valence-electron chi connectivity index (χ4n) is 2.23. The van der Waals surface area contributed by atoms with Crippen LogP contribution in [-0.4, -0.2) is 18.5 Å². The first-order valence-corrected chi connectivity index (χ1v) is 5.39. The molecule has 3 nitrogen and oxygen atoms in total. The molecule has 0 saturated heterocycles. The highest BCUT2D eigenvalue weighted by Gasteiger charge is 2.38. The van der Waals surface area contributed by atoms with Crippen molar-refractivity contribution in [2.75, 3.05) is 11.4 Å². The van der Waals surface area contributed by atoms with Crippen molar-refractivity contribution in [3.63, 3.8) is 0 Å². The molecule has 1 aromatic rings. The maximum atomic E-state index is 11.8. The van der Waals surface area contributed by atoms with Gasteiger partial charge >= 0.3 is 0 Å². The Bertz CT molecular complexity index is 416. The molecule has 0 spiro atoms. The van der Waals surface area contributed by atoms with E-state index in [1.165, 1.54) is 0 Å². The van der Waals surface area contributed by atoms with Crippen LogP contribution in [0.2, 0.25) is 0 Å². The first kappa shape index (κ1) is 8.92. The molecule has 2 atom stereocenters. The second kappa shape index (κ2) is 3.07. The number of carbonyl (C=O) groups is 1. The van der Waals surface area contributed by atoms with E-state index in [4.69, 9.17) is 5.73 Å². The molecule has 1 saturated carbocycles. The monoisotopic (exact) mass is 202 g/mol. The molecule has 1 aliphatic carbocycles. The molecule has 3 heteroatoms. The number of hydrogen-bond acceptors (Lipinski definition) is 2. The minimum Gasteiger partial charge on any atom is -0.327 e. The van der Waals surface area contributed by atoms with Crippen LogP contribution in [0.5, 0.6) is 0 Å². The van der Waals surface area contributed by atoms with Crippen LogP contribution >= 0.6 is 0 Å². The molecule has 15 heavy (non-hydrogen) atoms. The van der Waals surface area contributed by atoms with Gasteiger partial charge in [0.2, 0.25) is 5.91 Å². The average Bonchev–Trinajstić information content (AvgIpc) is 2.82. The zero-order valence-corrected chi connectivity index (χ0v) is 8.52. The lowest BCUT2D eigenvalue weighted by atomic mass is 10.2. The van der Waals surface area contributed by atoms with E-state index < -0.39 is 0 Å². The summed E-state index contributed by atoms with van der Waals surface area (Å²) in [6, 6.07) is 8.33. The van der Waals surface area contributed by atoms with Crippen LogP contribution < -0.4 is 10.6 Å². The lowest BCUT2D eigenvalue weighted by Gasteiger charge is -2.16. The van der Waals surface area contributed by atoms with Crippen molar-refractivity contribution >= 4 is 11.6 Å². The molecule has 1 heterocycles. The molecule has 0 bridgehead atoms. The van der Waals surface area contributed by atoms with Crippen LogP contribution in [0.4, 0.5) is 5.69 Å². The highest BCUT2D eigenvalue weighted by molar-refractivity contribution is 6.01. The van der Waals surface area contributed by atoms with Crippen molar-refractivity contribution < 1.29 is 4.79 Å². The number of nitrogens with zero attached hydrogens (tertiary/aromatic N) is 1. The van der Waals surface area contributed by atoms with Gasteiger partial charge < -0.3 is 10.6 Å². The van der Waals surface area contributed by atoms with E-state index in [0.717, 1.165) is 24.2 Å². The summed E-state index contributed by atoms with van der Waals surface area (Å²) >= 11 is 0. The van der Waals surface area contributed by atoms with Gasteiger partial charge in [0, 0.05) is 18.3 Å². The van der Waals surface area contributed by atoms with Crippen molar-refractivity contribution in [3.8, 4) is 0 Å². The van der Waals surface area contributed by atoms with Crippen LogP contribution in [-0.2, 0) is 11.2 Å². The Labute approximate surface area is 88.9 Å². The Morgan fingerprint density at radius 1 is 1.40 bits per heavy atom. The molecule has 78 valence electrons. The van der Waals surface area contributed by atoms with Crippen LogP contribution in [0.1, 0.15) is 12.0 Å². The Balaban J connectivity index is 1.86. The summed E-state index contributed by atoms with van der Waals surface area (Å²) in [7, 11) is 0. The van der Waals surface area contributed by atoms with Crippen LogP contribution in [0.3, 0.4) is 0 Å². The second-order valence-electron chi connectivity index (χ2n) is 4.47. The van der Waals surface area contributed by atoms with E-state index in [2.05, 4.69) is 0 Å². The van der Waals surface area contributed by atoms with E-state index in [0.29, 0.717) is 18.4 Å². The van der Waals surface area contributed by atoms with Crippen molar-refractivity contribution in [2.45, 2.75) is 18.9 Å². The Morgan fingerprint density at radius 3 is 2.87 bits per heavy atom. The average molecular weight is 202 g/mol. The van der Waals surface area contributed by atoms with Crippen LogP contribution in [0.15, 0.2) is 24.3 Å². The maximum Gasteiger partial charge on any atom is 0.231 e. The van der Waals surface area contributed by atoms with Gasteiger partial charge in [-0.05, 0) is 24.0 Å². The minimum atomic E-state index is 0.218. The standard InChI is InChI=1S/C12H14N2O/c13-10-5-9(10)7-14-11-4-2-1-3-8(11)6-12(14)15/h1-4,9-10H,5-7,13H2. The van der Waals surface area contributed by atoms with Gasteiger partial charge in [0.15, 0.2) is 0 Å². The fourth-order valence-corrected chi connectivity index (χ4v) is 2.23. The first-order chi connectivity index (χ1) is 7.25. The molecule has 1 amide bonds. The molecule has 2 aliphatic rings. The summed E-state index contributed by atoms with van der Waals surface area (Å²) in [6.07, 6.45) is 1.62. The zero-order valence-electron chi connectivity index (χ0n) is 8.52. The number of anilines is 1. The van der Waals surface area contributed by atoms with Crippen molar-refractivity contribution in [1.29, 1.82) is 0 Å². The van der Waals surface area contributed by atoms with Gasteiger partial charge in [-0.15, -0.1) is 0 Å². The molecule has 1 fully saturated rings. The molecule has 0 aromatic heterocycles. The fraction of sp³-hybridized carbons (Fsp3) is 0.417. The summed E-state index contributed by atoms with van der Waals surface area (Å²) in [6.45, 7) is 0.803. The number of benzene rings is 1. The van der Waals surface area contributed by atoms with Crippen molar-refractivity contribution in [1.82, 2.24) is 0 Å². The van der Waals surface area contributed by atoms with Crippen molar-refractivity contribution in [3.05, 3.63) is 29.8 Å². The summed E-state index contributed by atoms with van der Waals surface area (Å²) in [5.41, 5.74) is 8.01. The number of nitrogens with two attached hydrogens (primary N) is 1. The molecule has 1 aliphatic heterocycles. The van der Waals surface area contributed by atoms with Gasteiger partial charge in [-0.2, -0.15) is 0 Å². The Kier molecular flexibility index (Phi) is 1.83. The van der Waals surface area contributed by atoms with Gasteiger partial charge in [0.1, 0.15) is 0 Å². The third kappa shape index (κ3) is 1.43. The largest absolute Gasteiger partial charge is 0.327 e. The van der Waals surface area contributed by atoms with Gasteiger partial charge in [0.05, 0.1) is 6.42 Å². The predicted octanol–water partition coefficient (Wildman–Crippen LogP) is 0.923. The number of fused-ring (bicyclic) bond motifs is 1. The van der Waals surface area contributed by atoms with E-state index in [-0.39, 0.29) is 5.91 Å². The Morgan fingerprint density at radius 2 is 2.13 bits per heavy atom. The highest BCUT2D eigenvalue weighted by Crippen LogP contribution is 2.34. The van der Waals surface area contributed by atoms with Crippen LogP contribution in [0, 0.1) is 5.92 Å². The molecular formula is C12H14N2O. The van der Waals surface area contributed by atoms with E-state index in [1.54, 1.807) is 0 Å². The first-order valence-electron chi connectivity index (χ1n) is 5.39. The number of rotatable bonds is 2. The quantitative estimate of drug-likeness (QED) is 0.775. The molecule has 0 radical (unpaired) electrons. The molecular weight excluding hydrogens is 188 g/mol. The minimum absolute atomic E-state index is 0.218. The third-order valence-corrected chi connectivity index (χ3v) is 3.32. The summed E-state index contributed by atoms with van der Waals surface area (Å²) in [4.78, 5) is 13.7. The smallest absolute Gasteiger partial charge is 0.231 e. The predicted molar refractivity (Wildman–Crippen MR) is 58.6 cm³/mol. The third-order valence-electron chi connectivity index (χ3n) is 3.32. The summed E-state index contributed by atoms with van der Waals surface area (Å²) < 4.78 is 0. The number of para-hydroxylation sites is 1. The van der Waals surface area contributed by atoms with Crippen molar-refractivity contribution in [2.24, 2.45) is 11.7 Å². The molecule has 3 rings (SSSR count). The lowest BCUT2D eigenvalue weighted by molar-refractivity contribution is -0.117. The molecule has 2 N–H and O–H groups in total. The van der Waals surface area contributed by atoms with Crippen LogP contribution in [0.25, 0.3) is 0 Å². The second-order valence-corrected chi connectivity index (χ2v) is 4.47. The van der Waals surface area contributed by atoms with E-state index in [1.807, 2.05) is 29.2 Å². The number of hydrogen-bond donors (Lipinski definition) is 1. The zero-order chi connectivity index (χ0) is 10.4. The lowest BCUT2D eigenvalue weighted by Crippen LogP contribution is -2.30. The normalized spacial score (nSPS) is 28.1. The Hall–Kier alpha value is -1.35. The van der Waals surface area contributed by atoms with Gasteiger partial charge in [-0.1, -0.05) is 18.2 Å². The van der Waals surface area contributed by atoms with Gasteiger partial charge in [-0.3, -0.25) is 4.79 Å². The topological polar surface area (TPSA) is 46.3 Å². The van der Waals surface area contributed by atoms with E-state index >= 15 is 0 Å². The summed E-state index contributed by atoms with van der Waals surface area (Å²) in [5, 5.41) is 0. The van der Waals surface area contributed by atoms with Gasteiger partial charge in [0.25, 0.3) is 0 Å². The number of carbonyl (C=O) groups excluding carboxylic acids is 1.